The van der Waals surface area contributed by atoms with Crippen molar-refractivity contribution in [2.75, 3.05) is 5.75 Å². The van der Waals surface area contributed by atoms with E-state index in [2.05, 4.69) is 10.9 Å². The Morgan fingerprint density at radius 1 is 1.37 bits per heavy atom. The summed E-state index contributed by atoms with van der Waals surface area (Å²) in [6, 6.07) is 11.8. The number of nitrogens with zero attached hydrogens (tertiary/aromatic N) is 3. The van der Waals surface area contributed by atoms with Gasteiger partial charge >= 0.3 is 0 Å². The summed E-state index contributed by atoms with van der Waals surface area (Å²) in [5, 5.41) is 11.0. The number of thiazole rings is 1. The third-order valence-electron chi connectivity index (χ3n) is 3.71. The summed E-state index contributed by atoms with van der Waals surface area (Å²) in [4.78, 5) is 28.9. The van der Waals surface area contributed by atoms with Crippen molar-refractivity contribution < 1.29 is 9.72 Å². The molecule has 0 atom stereocenters. The number of rotatable bonds is 5. The first-order valence-electron chi connectivity index (χ1n) is 8.06. The van der Waals surface area contributed by atoms with Gasteiger partial charge < -0.3 is 4.57 Å². The lowest BCUT2D eigenvalue weighted by Crippen LogP contribution is -2.16. The van der Waals surface area contributed by atoms with Crippen molar-refractivity contribution in [1.82, 2.24) is 4.57 Å². The second kappa shape index (κ2) is 8.20. The van der Waals surface area contributed by atoms with Crippen LogP contribution in [0.4, 0.5) is 5.69 Å². The molecule has 0 saturated carbocycles. The van der Waals surface area contributed by atoms with Crippen LogP contribution in [-0.2, 0) is 6.54 Å². The largest absolute Gasteiger partial charge is 0.304 e. The molecular weight excluding hydrogens is 382 g/mol. The van der Waals surface area contributed by atoms with Gasteiger partial charge in [0.05, 0.1) is 21.7 Å². The highest BCUT2D eigenvalue weighted by Gasteiger charge is 2.13. The molecule has 0 fully saturated rings. The fourth-order valence-electron chi connectivity index (χ4n) is 2.54. The van der Waals surface area contributed by atoms with Crippen LogP contribution < -0.4 is 4.80 Å². The molecule has 0 N–H and O–H groups in total. The summed E-state index contributed by atoms with van der Waals surface area (Å²) in [6.07, 6.45) is 5.44. The maximum absolute atomic E-state index is 12.6. The smallest absolute Gasteiger partial charge is 0.279 e. The summed E-state index contributed by atoms with van der Waals surface area (Å²) in [5.41, 5.74) is 1.05. The molecule has 0 spiro atoms. The Morgan fingerprint density at radius 2 is 2.19 bits per heavy atom. The molecule has 1 heterocycles. The van der Waals surface area contributed by atoms with E-state index in [4.69, 9.17) is 6.42 Å². The number of amides is 1. The number of hydrogen-bond acceptors (Lipinski definition) is 5. The van der Waals surface area contributed by atoms with Crippen molar-refractivity contribution in [3.63, 3.8) is 0 Å². The Bertz CT molecular complexity index is 1140. The molecule has 27 heavy (non-hydrogen) atoms. The summed E-state index contributed by atoms with van der Waals surface area (Å²) >= 11 is 2.92. The molecule has 136 valence electrons. The van der Waals surface area contributed by atoms with Crippen molar-refractivity contribution in [3.8, 4) is 12.3 Å². The van der Waals surface area contributed by atoms with E-state index >= 15 is 0 Å². The fourth-order valence-corrected chi connectivity index (χ4v) is 4.26. The number of nitro groups is 1. The van der Waals surface area contributed by atoms with Crippen molar-refractivity contribution in [3.05, 3.63) is 62.9 Å². The molecule has 0 aliphatic rings. The van der Waals surface area contributed by atoms with Gasteiger partial charge in [-0.25, -0.2) is 0 Å². The molecule has 0 radical (unpaired) electrons. The molecule has 1 aromatic heterocycles. The minimum atomic E-state index is -0.462. The van der Waals surface area contributed by atoms with Gasteiger partial charge in [-0.2, -0.15) is 4.99 Å². The molecule has 0 bridgehead atoms. The number of terminal acetylenes is 1. The van der Waals surface area contributed by atoms with Gasteiger partial charge in [0.25, 0.3) is 11.6 Å². The van der Waals surface area contributed by atoms with Gasteiger partial charge in [0.2, 0.25) is 0 Å². The SMILES string of the molecule is C#CCn1c(=NC(=O)c2cccc(SCC)c2)sc2ccc([N+](=O)[O-])cc21. The molecule has 0 unspecified atom stereocenters. The van der Waals surface area contributed by atoms with Crippen LogP contribution in [-0.4, -0.2) is 21.2 Å². The number of benzene rings is 2. The Morgan fingerprint density at radius 3 is 2.89 bits per heavy atom. The van der Waals surface area contributed by atoms with Gasteiger partial charge in [-0.1, -0.05) is 30.2 Å². The van der Waals surface area contributed by atoms with Crippen LogP contribution >= 0.6 is 23.1 Å². The molecule has 3 rings (SSSR count). The number of non-ortho nitro benzene ring substituents is 1. The van der Waals surface area contributed by atoms with Gasteiger partial charge in [0, 0.05) is 22.6 Å². The van der Waals surface area contributed by atoms with E-state index in [1.165, 1.54) is 23.5 Å². The highest BCUT2D eigenvalue weighted by Crippen LogP contribution is 2.23. The zero-order chi connectivity index (χ0) is 19.4. The van der Waals surface area contributed by atoms with Crippen molar-refractivity contribution in [2.24, 2.45) is 4.99 Å². The maximum Gasteiger partial charge on any atom is 0.279 e. The second-order valence-electron chi connectivity index (χ2n) is 5.46. The lowest BCUT2D eigenvalue weighted by atomic mass is 10.2. The third-order valence-corrected chi connectivity index (χ3v) is 5.65. The fraction of sp³-hybridized carbons (Fsp3) is 0.158. The number of carbonyl (C=O) groups excluding carboxylic acids is 1. The van der Waals surface area contributed by atoms with Crippen LogP contribution in [0.5, 0.6) is 0 Å². The van der Waals surface area contributed by atoms with E-state index in [0.29, 0.717) is 15.9 Å². The molecule has 2 aromatic carbocycles. The molecule has 3 aromatic rings. The molecular formula is C19H15N3O3S2. The standard InChI is InChI=1S/C19H15N3O3S2/c1-3-10-21-16-12-14(22(24)25)8-9-17(16)27-19(21)20-18(23)13-6-5-7-15(11-13)26-4-2/h1,5-9,11-12H,4,10H2,2H3. The van der Waals surface area contributed by atoms with Crippen molar-refractivity contribution in [1.29, 1.82) is 0 Å². The normalized spacial score (nSPS) is 11.5. The molecule has 0 saturated heterocycles. The lowest BCUT2D eigenvalue weighted by molar-refractivity contribution is -0.384. The van der Waals surface area contributed by atoms with Crippen LogP contribution in [0.25, 0.3) is 10.2 Å². The van der Waals surface area contributed by atoms with Gasteiger partial charge in [-0.05, 0) is 30.0 Å². The topological polar surface area (TPSA) is 77.5 Å². The second-order valence-corrected chi connectivity index (χ2v) is 7.81. The number of fused-ring (bicyclic) bond motifs is 1. The van der Waals surface area contributed by atoms with Gasteiger partial charge in [0.15, 0.2) is 4.80 Å². The summed E-state index contributed by atoms with van der Waals surface area (Å²) in [6.45, 7) is 2.21. The van der Waals surface area contributed by atoms with Crippen LogP contribution in [0.2, 0.25) is 0 Å². The molecule has 8 heteroatoms. The quantitative estimate of drug-likeness (QED) is 0.281. The van der Waals surface area contributed by atoms with E-state index < -0.39 is 4.92 Å². The van der Waals surface area contributed by atoms with E-state index in [1.54, 1.807) is 28.5 Å². The summed E-state index contributed by atoms with van der Waals surface area (Å²) in [5.74, 6) is 3.05. The minimum Gasteiger partial charge on any atom is -0.304 e. The van der Waals surface area contributed by atoms with Crippen LogP contribution in [0.1, 0.15) is 17.3 Å². The number of aromatic nitrogens is 1. The first-order chi connectivity index (χ1) is 13.0. The lowest BCUT2D eigenvalue weighted by Gasteiger charge is -2.01. The number of carbonyl (C=O) groups is 1. The van der Waals surface area contributed by atoms with Crippen LogP contribution in [0.15, 0.2) is 52.4 Å². The zero-order valence-corrected chi connectivity index (χ0v) is 16.0. The molecule has 1 amide bonds. The Kier molecular flexibility index (Phi) is 5.74. The van der Waals surface area contributed by atoms with E-state index in [1.807, 2.05) is 25.1 Å². The monoisotopic (exact) mass is 397 g/mol. The first kappa shape index (κ1) is 18.9. The number of hydrogen-bond donors (Lipinski definition) is 0. The van der Waals surface area contributed by atoms with Crippen molar-refractivity contribution >= 4 is 44.9 Å². The average molecular weight is 397 g/mol. The number of thioether (sulfide) groups is 1. The van der Waals surface area contributed by atoms with Crippen molar-refractivity contribution in [2.45, 2.75) is 18.4 Å². The molecule has 6 nitrogen and oxygen atoms in total. The van der Waals surface area contributed by atoms with Crippen LogP contribution in [0.3, 0.4) is 0 Å². The predicted molar refractivity (Wildman–Crippen MR) is 108 cm³/mol. The Labute approximate surface area is 163 Å². The predicted octanol–water partition coefficient (Wildman–Crippen LogP) is 4.10. The minimum absolute atomic E-state index is 0.0340. The maximum atomic E-state index is 12.6. The first-order valence-corrected chi connectivity index (χ1v) is 9.87. The van der Waals surface area contributed by atoms with E-state index in [-0.39, 0.29) is 18.1 Å². The highest BCUT2D eigenvalue weighted by molar-refractivity contribution is 7.99. The van der Waals surface area contributed by atoms with Crippen LogP contribution in [0, 0.1) is 22.5 Å². The Hall–Kier alpha value is -2.89. The van der Waals surface area contributed by atoms with E-state index in [0.717, 1.165) is 15.3 Å². The third kappa shape index (κ3) is 4.10. The summed E-state index contributed by atoms with van der Waals surface area (Å²) < 4.78 is 2.42. The summed E-state index contributed by atoms with van der Waals surface area (Å²) in [7, 11) is 0. The van der Waals surface area contributed by atoms with E-state index in [9.17, 15) is 14.9 Å². The van der Waals surface area contributed by atoms with Gasteiger partial charge in [-0.3, -0.25) is 14.9 Å². The number of nitro benzene ring substituents is 1. The zero-order valence-electron chi connectivity index (χ0n) is 14.4. The van der Waals surface area contributed by atoms with Gasteiger partial charge in [0.1, 0.15) is 0 Å². The molecule has 0 aliphatic carbocycles. The Balaban J connectivity index is 2.11. The molecule has 0 aliphatic heterocycles. The average Bonchev–Trinajstić information content (AvgIpc) is 2.99. The van der Waals surface area contributed by atoms with Gasteiger partial charge in [-0.15, -0.1) is 18.2 Å². The highest BCUT2D eigenvalue weighted by atomic mass is 32.2.